The molecule has 0 aromatic carbocycles. The number of pyridine rings is 1. The van der Waals surface area contributed by atoms with Crippen LogP contribution in [0.5, 0.6) is 5.75 Å². The summed E-state index contributed by atoms with van der Waals surface area (Å²) in [5, 5.41) is -0.893. The number of ether oxygens (including phenoxy) is 1. The van der Waals surface area contributed by atoms with E-state index in [2.05, 4.69) is 9.72 Å². The molecule has 1 aromatic heterocycles. The lowest BCUT2D eigenvalue weighted by molar-refractivity contribution is -0.276. The van der Waals surface area contributed by atoms with Crippen molar-refractivity contribution in [1.29, 1.82) is 0 Å². The SMILES string of the molecule is O=S(=O)(Cl)c1cc(F)c(OC(F)(F)F)c(I)n1. The molecule has 0 bridgehead atoms. The third-order valence-corrected chi connectivity index (χ3v) is 3.24. The second-order valence-electron chi connectivity index (χ2n) is 2.55. The van der Waals surface area contributed by atoms with E-state index in [0.29, 0.717) is 0 Å². The number of alkyl halides is 3. The summed E-state index contributed by atoms with van der Waals surface area (Å²) < 4.78 is 73.1. The van der Waals surface area contributed by atoms with E-state index < -0.39 is 35.7 Å². The van der Waals surface area contributed by atoms with Gasteiger partial charge in [-0.15, -0.1) is 13.2 Å². The summed E-state index contributed by atoms with van der Waals surface area (Å²) in [6.07, 6.45) is -5.11. The van der Waals surface area contributed by atoms with Crippen molar-refractivity contribution in [2.75, 3.05) is 0 Å². The van der Waals surface area contributed by atoms with Gasteiger partial charge in [0.05, 0.1) is 0 Å². The summed E-state index contributed by atoms with van der Waals surface area (Å²) >= 11 is 1.19. The Morgan fingerprint density at radius 3 is 2.29 bits per heavy atom. The largest absolute Gasteiger partial charge is 0.573 e. The van der Waals surface area contributed by atoms with Gasteiger partial charge >= 0.3 is 6.36 Å². The summed E-state index contributed by atoms with van der Waals surface area (Å²) in [6.45, 7) is 0. The van der Waals surface area contributed by atoms with Crippen molar-refractivity contribution in [2.24, 2.45) is 0 Å². The molecule has 0 radical (unpaired) electrons. The van der Waals surface area contributed by atoms with Crippen LogP contribution >= 0.6 is 33.3 Å². The Kier molecular flexibility index (Phi) is 4.08. The topological polar surface area (TPSA) is 56.3 Å². The van der Waals surface area contributed by atoms with Crippen LogP contribution in [-0.4, -0.2) is 19.8 Å². The monoisotopic (exact) mass is 405 g/mol. The molecule has 0 N–H and O–H groups in total. The van der Waals surface area contributed by atoms with Crippen LogP contribution in [0, 0.1) is 9.52 Å². The normalized spacial score (nSPS) is 12.6. The summed E-state index contributed by atoms with van der Waals surface area (Å²) in [6, 6.07) is 0.242. The number of halogens is 6. The van der Waals surface area contributed by atoms with E-state index in [4.69, 9.17) is 10.7 Å². The molecule has 1 aromatic rings. The Hall–Kier alpha value is -0.360. The molecule has 1 rings (SSSR count). The lowest BCUT2D eigenvalue weighted by Crippen LogP contribution is -2.19. The average Bonchev–Trinajstić information content (AvgIpc) is 2.07. The van der Waals surface area contributed by atoms with Crippen molar-refractivity contribution < 1.29 is 30.7 Å². The maximum Gasteiger partial charge on any atom is 0.573 e. The maximum absolute atomic E-state index is 13.2. The van der Waals surface area contributed by atoms with Gasteiger partial charge in [-0.1, -0.05) is 0 Å². The van der Waals surface area contributed by atoms with Crippen molar-refractivity contribution in [3.63, 3.8) is 0 Å². The quantitative estimate of drug-likeness (QED) is 0.329. The summed E-state index contributed by atoms with van der Waals surface area (Å²) in [5.41, 5.74) is 0. The molecule has 0 saturated carbocycles. The third kappa shape index (κ3) is 4.10. The Morgan fingerprint density at radius 2 is 1.94 bits per heavy atom. The van der Waals surface area contributed by atoms with Crippen molar-refractivity contribution >= 4 is 42.3 Å². The molecule has 1 heterocycles. The Morgan fingerprint density at radius 1 is 1.41 bits per heavy atom. The van der Waals surface area contributed by atoms with Crippen molar-refractivity contribution in [3.05, 3.63) is 15.6 Å². The second-order valence-corrected chi connectivity index (χ2v) is 6.08. The van der Waals surface area contributed by atoms with Crippen molar-refractivity contribution in [1.82, 2.24) is 4.98 Å². The second kappa shape index (κ2) is 4.72. The Balaban J connectivity index is 3.30. The lowest BCUT2D eigenvalue weighted by Gasteiger charge is -2.11. The number of hydrogen-bond acceptors (Lipinski definition) is 4. The van der Waals surface area contributed by atoms with Gasteiger partial charge in [0.2, 0.25) is 0 Å². The van der Waals surface area contributed by atoms with Crippen LogP contribution in [0.2, 0.25) is 0 Å². The highest BCUT2D eigenvalue weighted by Gasteiger charge is 2.34. The zero-order valence-corrected chi connectivity index (χ0v) is 11.2. The van der Waals surface area contributed by atoms with Gasteiger partial charge in [-0.25, -0.2) is 17.8 Å². The average molecular weight is 405 g/mol. The van der Waals surface area contributed by atoms with Crippen molar-refractivity contribution in [3.8, 4) is 5.75 Å². The highest BCUT2D eigenvalue weighted by Crippen LogP contribution is 2.31. The zero-order valence-electron chi connectivity index (χ0n) is 7.43. The van der Waals surface area contributed by atoms with E-state index in [0.717, 1.165) is 0 Å². The number of nitrogens with zero attached hydrogens (tertiary/aromatic N) is 1. The summed E-state index contributed by atoms with van der Waals surface area (Å²) in [7, 11) is 0.536. The summed E-state index contributed by atoms with van der Waals surface area (Å²) in [4.78, 5) is 3.19. The first-order valence-electron chi connectivity index (χ1n) is 3.57. The van der Waals surface area contributed by atoms with Crippen LogP contribution in [0.3, 0.4) is 0 Å². The highest BCUT2D eigenvalue weighted by atomic mass is 127. The molecule has 0 atom stereocenters. The number of rotatable bonds is 2. The smallest absolute Gasteiger partial charge is 0.400 e. The van der Waals surface area contributed by atoms with Crippen LogP contribution in [0.15, 0.2) is 11.1 Å². The zero-order chi connectivity index (χ0) is 13.4. The minimum atomic E-state index is -5.11. The van der Waals surface area contributed by atoms with Crippen molar-refractivity contribution in [2.45, 2.75) is 11.4 Å². The van der Waals surface area contributed by atoms with E-state index in [1.165, 1.54) is 22.6 Å². The molecule has 0 fully saturated rings. The molecular weight excluding hydrogens is 404 g/mol. The molecule has 0 aliphatic heterocycles. The fourth-order valence-corrected chi connectivity index (χ4v) is 2.26. The van der Waals surface area contributed by atoms with Gasteiger partial charge in [0.15, 0.2) is 16.6 Å². The van der Waals surface area contributed by atoms with Crippen LogP contribution in [0.4, 0.5) is 17.6 Å². The molecule has 96 valence electrons. The molecule has 0 aliphatic rings. The maximum atomic E-state index is 13.2. The van der Waals surface area contributed by atoms with Gasteiger partial charge < -0.3 is 4.74 Å². The molecule has 0 unspecified atom stereocenters. The fraction of sp³-hybridized carbons (Fsp3) is 0.167. The molecule has 0 saturated heterocycles. The van der Waals surface area contributed by atoms with Gasteiger partial charge in [0.25, 0.3) is 9.05 Å². The number of aromatic nitrogens is 1. The molecule has 17 heavy (non-hydrogen) atoms. The Labute approximate surface area is 110 Å². The van der Waals surface area contributed by atoms with Gasteiger partial charge in [-0.3, -0.25) is 0 Å². The molecular formula is C6HClF4INO3S. The van der Waals surface area contributed by atoms with E-state index in [1.807, 2.05) is 0 Å². The van der Waals surface area contributed by atoms with E-state index in [1.54, 1.807) is 0 Å². The first-order chi connectivity index (χ1) is 7.50. The van der Waals surface area contributed by atoms with E-state index in [-0.39, 0.29) is 6.07 Å². The third-order valence-electron chi connectivity index (χ3n) is 1.33. The predicted molar refractivity (Wildman–Crippen MR) is 56.6 cm³/mol. The van der Waals surface area contributed by atoms with Gasteiger partial charge in [-0.05, 0) is 22.6 Å². The highest BCUT2D eigenvalue weighted by molar-refractivity contribution is 14.1. The van der Waals surface area contributed by atoms with E-state index in [9.17, 15) is 26.0 Å². The van der Waals surface area contributed by atoms with Crippen LogP contribution < -0.4 is 4.74 Å². The first kappa shape index (κ1) is 14.7. The molecule has 0 spiro atoms. The minimum Gasteiger partial charge on any atom is -0.400 e. The lowest BCUT2D eigenvalue weighted by atomic mass is 10.4. The van der Waals surface area contributed by atoms with Gasteiger partial charge in [-0.2, -0.15) is 0 Å². The Bertz CT molecular complexity index is 524. The first-order valence-corrected chi connectivity index (χ1v) is 6.96. The van der Waals surface area contributed by atoms with Crippen LogP contribution in [0.25, 0.3) is 0 Å². The summed E-state index contributed by atoms with van der Waals surface area (Å²) in [5.74, 6) is -2.73. The predicted octanol–water partition coefficient (Wildman–Crippen LogP) is 2.65. The van der Waals surface area contributed by atoms with E-state index >= 15 is 0 Å². The fourth-order valence-electron chi connectivity index (χ4n) is 0.784. The van der Waals surface area contributed by atoms with Gasteiger partial charge in [0.1, 0.15) is 3.70 Å². The minimum absolute atomic E-state index is 0.242. The molecule has 11 heteroatoms. The van der Waals surface area contributed by atoms with Crippen LogP contribution in [-0.2, 0) is 9.05 Å². The number of hydrogen-bond donors (Lipinski definition) is 0. The molecule has 0 aliphatic carbocycles. The molecule has 0 amide bonds. The van der Waals surface area contributed by atoms with Crippen LogP contribution in [0.1, 0.15) is 0 Å². The van der Waals surface area contributed by atoms with Gasteiger partial charge in [0, 0.05) is 16.7 Å². The molecule has 4 nitrogen and oxygen atoms in total. The standard InChI is InChI=1S/C6HClF4INO3S/c7-17(14,15)3-1-2(8)4(5(12)13-3)16-6(9,10)11/h1H.